The van der Waals surface area contributed by atoms with Gasteiger partial charge in [0, 0.05) is 11.4 Å². The zero-order valence-corrected chi connectivity index (χ0v) is 13.8. The third kappa shape index (κ3) is 4.56. The lowest BCUT2D eigenvalue weighted by Crippen LogP contribution is -2.37. The van der Waals surface area contributed by atoms with Crippen LogP contribution in [0.15, 0.2) is 30.3 Å². The minimum Gasteiger partial charge on any atom is -0.347 e. The van der Waals surface area contributed by atoms with Gasteiger partial charge in [-0.15, -0.1) is 0 Å². The molecular formula is C17H21FN4O. The van der Waals surface area contributed by atoms with E-state index in [0.29, 0.717) is 11.4 Å². The van der Waals surface area contributed by atoms with E-state index in [4.69, 9.17) is 0 Å². The normalized spacial score (nSPS) is 12.3. The highest BCUT2D eigenvalue weighted by atomic mass is 19.1. The molecule has 1 N–H and O–H groups in total. The van der Waals surface area contributed by atoms with Crippen LogP contribution in [-0.4, -0.2) is 34.9 Å². The molecule has 0 fully saturated rings. The molecule has 1 heterocycles. The molecule has 122 valence electrons. The number of carbonyl (C=O) groups is 1. The second-order valence-corrected chi connectivity index (χ2v) is 5.71. The van der Waals surface area contributed by atoms with Crippen LogP contribution in [-0.2, 0) is 11.3 Å². The van der Waals surface area contributed by atoms with Crippen LogP contribution in [0.5, 0.6) is 0 Å². The molecule has 0 aliphatic carbocycles. The van der Waals surface area contributed by atoms with Crippen molar-refractivity contribution < 1.29 is 9.18 Å². The van der Waals surface area contributed by atoms with Gasteiger partial charge in [-0.3, -0.25) is 9.69 Å². The molecule has 1 aromatic heterocycles. The smallest absolute Gasteiger partial charge is 0.242 e. The summed E-state index contributed by atoms with van der Waals surface area (Å²) in [4.78, 5) is 22.8. The van der Waals surface area contributed by atoms with Gasteiger partial charge in [0.2, 0.25) is 5.91 Å². The second-order valence-electron chi connectivity index (χ2n) is 5.71. The van der Waals surface area contributed by atoms with Crippen LogP contribution in [0.1, 0.15) is 28.8 Å². The molecule has 2 rings (SSSR count). The highest BCUT2D eigenvalue weighted by Gasteiger charge is 2.23. The van der Waals surface area contributed by atoms with Crippen molar-refractivity contribution in [3.63, 3.8) is 0 Å². The lowest BCUT2D eigenvalue weighted by molar-refractivity contribution is -0.126. The minimum atomic E-state index is -0.573. The van der Waals surface area contributed by atoms with Crippen molar-refractivity contribution >= 4 is 5.91 Å². The average molecular weight is 316 g/mol. The first kappa shape index (κ1) is 17.0. The van der Waals surface area contributed by atoms with Gasteiger partial charge in [-0.1, -0.05) is 12.1 Å². The number of amides is 1. The number of nitrogens with zero attached hydrogens (tertiary/aromatic N) is 3. The Labute approximate surface area is 135 Å². The van der Waals surface area contributed by atoms with E-state index in [1.807, 2.05) is 19.9 Å². The third-order valence-corrected chi connectivity index (χ3v) is 3.38. The Balaban J connectivity index is 2.13. The summed E-state index contributed by atoms with van der Waals surface area (Å²) in [5, 5.41) is 2.82. The molecule has 0 bridgehead atoms. The summed E-state index contributed by atoms with van der Waals surface area (Å²) in [6.07, 6.45) is 0. The van der Waals surface area contributed by atoms with Gasteiger partial charge < -0.3 is 5.32 Å². The van der Waals surface area contributed by atoms with Crippen molar-refractivity contribution in [2.75, 3.05) is 14.1 Å². The number of benzene rings is 1. The zero-order chi connectivity index (χ0) is 17.0. The summed E-state index contributed by atoms with van der Waals surface area (Å²) < 4.78 is 13.4. The summed E-state index contributed by atoms with van der Waals surface area (Å²) in [6.45, 7) is 4.01. The highest BCUT2D eigenvalue weighted by Crippen LogP contribution is 2.19. The molecule has 0 radical (unpaired) electrons. The highest BCUT2D eigenvalue weighted by molar-refractivity contribution is 5.83. The Morgan fingerprint density at radius 2 is 1.87 bits per heavy atom. The van der Waals surface area contributed by atoms with Crippen molar-refractivity contribution in [3.8, 4) is 0 Å². The lowest BCUT2D eigenvalue weighted by Gasteiger charge is -2.23. The number of halogens is 1. The monoisotopic (exact) mass is 316 g/mol. The second kappa shape index (κ2) is 7.28. The van der Waals surface area contributed by atoms with E-state index < -0.39 is 6.04 Å². The first-order valence-corrected chi connectivity index (χ1v) is 7.37. The molecule has 0 saturated carbocycles. The quantitative estimate of drug-likeness (QED) is 0.918. The van der Waals surface area contributed by atoms with Gasteiger partial charge in [-0.25, -0.2) is 14.4 Å². The number of nitrogens with one attached hydrogen (secondary N) is 1. The van der Waals surface area contributed by atoms with Gasteiger partial charge >= 0.3 is 0 Å². The van der Waals surface area contributed by atoms with E-state index in [-0.39, 0.29) is 18.3 Å². The first-order chi connectivity index (χ1) is 10.9. The van der Waals surface area contributed by atoms with Gasteiger partial charge in [0.05, 0.1) is 6.54 Å². The Kier molecular flexibility index (Phi) is 5.39. The number of aromatic nitrogens is 2. The predicted molar refractivity (Wildman–Crippen MR) is 86.2 cm³/mol. The van der Waals surface area contributed by atoms with Crippen LogP contribution in [0.2, 0.25) is 0 Å². The third-order valence-electron chi connectivity index (χ3n) is 3.38. The Morgan fingerprint density at radius 1 is 1.22 bits per heavy atom. The number of rotatable bonds is 5. The van der Waals surface area contributed by atoms with E-state index in [1.165, 1.54) is 12.1 Å². The van der Waals surface area contributed by atoms with Crippen LogP contribution in [0.3, 0.4) is 0 Å². The van der Waals surface area contributed by atoms with Crippen LogP contribution in [0.25, 0.3) is 0 Å². The van der Waals surface area contributed by atoms with Crippen LogP contribution < -0.4 is 5.32 Å². The zero-order valence-electron chi connectivity index (χ0n) is 13.8. The molecule has 0 aliphatic rings. The number of hydrogen-bond acceptors (Lipinski definition) is 4. The molecular weight excluding hydrogens is 295 g/mol. The van der Waals surface area contributed by atoms with E-state index in [2.05, 4.69) is 15.3 Å². The van der Waals surface area contributed by atoms with Crippen molar-refractivity contribution in [1.82, 2.24) is 20.2 Å². The molecule has 1 unspecified atom stereocenters. The maximum Gasteiger partial charge on any atom is 0.242 e. The van der Waals surface area contributed by atoms with E-state index in [9.17, 15) is 9.18 Å². The minimum absolute atomic E-state index is 0.219. The maximum atomic E-state index is 13.4. The van der Waals surface area contributed by atoms with Crippen LogP contribution in [0, 0.1) is 19.7 Å². The van der Waals surface area contributed by atoms with Crippen molar-refractivity contribution in [2.45, 2.75) is 26.4 Å². The Morgan fingerprint density at radius 3 is 2.43 bits per heavy atom. The van der Waals surface area contributed by atoms with Crippen molar-refractivity contribution in [2.24, 2.45) is 0 Å². The van der Waals surface area contributed by atoms with E-state index in [1.54, 1.807) is 31.1 Å². The Hall–Kier alpha value is -2.34. The standard InChI is InChI=1S/C17H21FN4O/c1-11-8-12(2)21-15(20-11)10-19-17(23)16(22(3)4)13-6-5-7-14(18)9-13/h5-9,16H,10H2,1-4H3,(H,19,23). The Bertz CT molecular complexity index is 682. The molecule has 23 heavy (non-hydrogen) atoms. The van der Waals surface area contributed by atoms with Gasteiger partial charge in [-0.05, 0) is 51.7 Å². The van der Waals surface area contributed by atoms with E-state index in [0.717, 1.165) is 11.4 Å². The summed E-state index contributed by atoms with van der Waals surface area (Å²) >= 11 is 0. The number of carbonyl (C=O) groups excluding carboxylic acids is 1. The van der Waals surface area contributed by atoms with Gasteiger partial charge in [0.15, 0.2) is 0 Å². The van der Waals surface area contributed by atoms with Gasteiger partial charge in [-0.2, -0.15) is 0 Å². The molecule has 1 amide bonds. The number of likely N-dealkylation sites (N-methyl/N-ethyl adjacent to an activating group) is 1. The molecule has 1 atom stereocenters. The summed E-state index contributed by atoms with van der Waals surface area (Å²) in [5.41, 5.74) is 2.32. The maximum absolute atomic E-state index is 13.4. The van der Waals surface area contributed by atoms with Crippen molar-refractivity contribution in [3.05, 3.63) is 58.9 Å². The fraction of sp³-hybridized carbons (Fsp3) is 0.353. The summed E-state index contributed by atoms with van der Waals surface area (Å²) in [5.74, 6) is -0.0178. The van der Waals surface area contributed by atoms with E-state index >= 15 is 0 Å². The van der Waals surface area contributed by atoms with Crippen LogP contribution in [0.4, 0.5) is 4.39 Å². The topological polar surface area (TPSA) is 58.1 Å². The number of hydrogen-bond donors (Lipinski definition) is 1. The fourth-order valence-electron chi connectivity index (χ4n) is 2.50. The lowest BCUT2D eigenvalue weighted by atomic mass is 10.1. The predicted octanol–water partition coefficient (Wildman–Crippen LogP) is 2.15. The number of aryl methyl sites for hydroxylation is 2. The summed E-state index contributed by atoms with van der Waals surface area (Å²) in [7, 11) is 3.56. The molecule has 1 aromatic carbocycles. The molecule has 5 nitrogen and oxygen atoms in total. The SMILES string of the molecule is Cc1cc(C)nc(CNC(=O)C(c2cccc(F)c2)N(C)C)n1. The first-order valence-electron chi connectivity index (χ1n) is 7.37. The van der Waals surface area contributed by atoms with Gasteiger partial charge in [0.1, 0.15) is 17.7 Å². The van der Waals surface area contributed by atoms with Crippen LogP contribution >= 0.6 is 0 Å². The molecule has 6 heteroatoms. The fourth-order valence-corrected chi connectivity index (χ4v) is 2.50. The molecule has 0 saturated heterocycles. The largest absolute Gasteiger partial charge is 0.347 e. The molecule has 0 spiro atoms. The van der Waals surface area contributed by atoms with Crippen molar-refractivity contribution in [1.29, 1.82) is 0 Å². The van der Waals surface area contributed by atoms with Gasteiger partial charge in [0.25, 0.3) is 0 Å². The summed E-state index contributed by atoms with van der Waals surface area (Å²) in [6, 6.07) is 7.37. The average Bonchev–Trinajstić information content (AvgIpc) is 2.44. The molecule has 2 aromatic rings. The molecule has 0 aliphatic heterocycles.